The van der Waals surface area contributed by atoms with Crippen molar-refractivity contribution in [2.75, 3.05) is 19.7 Å². The SMILES string of the molecule is O=C(CCCOc1ccccc1)N1CCC(NC(=O)C(F)(F)F)CC1. The number of amides is 2. The van der Waals surface area contributed by atoms with Gasteiger partial charge in [0.05, 0.1) is 6.61 Å². The van der Waals surface area contributed by atoms with Gasteiger partial charge in [0.15, 0.2) is 0 Å². The molecule has 1 N–H and O–H groups in total. The van der Waals surface area contributed by atoms with Crippen molar-refractivity contribution in [2.24, 2.45) is 0 Å². The van der Waals surface area contributed by atoms with Crippen LogP contribution in [0.2, 0.25) is 0 Å². The number of ether oxygens (including phenoxy) is 1. The molecule has 1 heterocycles. The highest BCUT2D eigenvalue weighted by atomic mass is 19.4. The average Bonchev–Trinajstić information content (AvgIpc) is 2.59. The summed E-state index contributed by atoms with van der Waals surface area (Å²) in [5.41, 5.74) is 0. The first-order valence-corrected chi connectivity index (χ1v) is 8.19. The largest absolute Gasteiger partial charge is 0.494 e. The average molecular weight is 358 g/mol. The van der Waals surface area contributed by atoms with Crippen LogP contribution < -0.4 is 10.1 Å². The van der Waals surface area contributed by atoms with Crippen molar-refractivity contribution in [1.29, 1.82) is 0 Å². The molecule has 138 valence electrons. The molecule has 0 aromatic heterocycles. The minimum atomic E-state index is -4.87. The number of para-hydroxylation sites is 1. The van der Waals surface area contributed by atoms with Crippen molar-refractivity contribution < 1.29 is 27.5 Å². The van der Waals surface area contributed by atoms with E-state index in [1.807, 2.05) is 35.6 Å². The van der Waals surface area contributed by atoms with E-state index in [4.69, 9.17) is 4.74 Å². The fraction of sp³-hybridized carbons (Fsp3) is 0.529. The first kappa shape index (κ1) is 19.1. The molecule has 2 amide bonds. The smallest absolute Gasteiger partial charge is 0.471 e. The summed E-state index contributed by atoms with van der Waals surface area (Å²) >= 11 is 0. The molecule has 1 aliphatic rings. The molecular weight excluding hydrogens is 337 g/mol. The molecule has 25 heavy (non-hydrogen) atoms. The summed E-state index contributed by atoms with van der Waals surface area (Å²) in [5, 5.41) is 1.97. The van der Waals surface area contributed by atoms with Crippen molar-refractivity contribution in [3.8, 4) is 5.75 Å². The number of halogens is 3. The topological polar surface area (TPSA) is 58.6 Å². The number of likely N-dealkylation sites (tertiary alicyclic amines) is 1. The quantitative estimate of drug-likeness (QED) is 0.795. The number of benzene rings is 1. The summed E-state index contributed by atoms with van der Waals surface area (Å²) in [7, 11) is 0. The Kier molecular flexibility index (Phi) is 6.66. The number of alkyl halides is 3. The van der Waals surface area contributed by atoms with Crippen molar-refractivity contribution >= 4 is 11.8 Å². The first-order valence-electron chi connectivity index (χ1n) is 8.19. The maximum absolute atomic E-state index is 12.2. The van der Waals surface area contributed by atoms with E-state index in [0.29, 0.717) is 45.4 Å². The highest BCUT2D eigenvalue weighted by molar-refractivity contribution is 5.82. The number of rotatable bonds is 6. The van der Waals surface area contributed by atoms with Gasteiger partial charge in [-0.1, -0.05) is 18.2 Å². The molecule has 1 saturated heterocycles. The van der Waals surface area contributed by atoms with Crippen LogP contribution in [-0.2, 0) is 9.59 Å². The minimum absolute atomic E-state index is 0.0442. The third-order valence-corrected chi connectivity index (χ3v) is 3.99. The lowest BCUT2D eigenvalue weighted by molar-refractivity contribution is -0.174. The summed E-state index contributed by atoms with van der Waals surface area (Å²) in [4.78, 5) is 24.6. The minimum Gasteiger partial charge on any atom is -0.494 e. The number of carbonyl (C=O) groups is 2. The second-order valence-electron chi connectivity index (χ2n) is 5.89. The van der Waals surface area contributed by atoms with Crippen molar-refractivity contribution in [3.05, 3.63) is 30.3 Å². The van der Waals surface area contributed by atoms with E-state index >= 15 is 0 Å². The van der Waals surface area contributed by atoms with E-state index in [-0.39, 0.29) is 5.91 Å². The van der Waals surface area contributed by atoms with Gasteiger partial charge in [0.25, 0.3) is 0 Å². The Hall–Kier alpha value is -2.25. The van der Waals surface area contributed by atoms with E-state index in [1.54, 1.807) is 4.90 Å². The van der Waals surface area contributed by atoms with E-state index < -0.39 is 18.1 Å². The number of piperidine rings is 1. The van der Waals surface area contributed by atoms with E-state index in [1.165, 1.54) is 0 Å². The molecule has 5 nitrogen and oxygen atoms in total. The van der Waals surface area contributed by atoms with Crippen LogP contribution in [0.5, 0.6) is 5.75 Å². The van der Waals surface area contributed by atoms with Gasteiger partial charge in [-0.2, -0.15) is 13.2 Å². The maximum Gasteiger partial charge on any atom is 0.471 e. The lowest BCUT2D eigenvalue weighted by Gasteiger charge is -2.32. The molecule has 1 aromatic rings. The molecule has 0 atom stereocenters. The van der Waals surface area contributed by atoms with Crippen molar-refractivity contribution in [1.82, 2.24) is 10.2 Å². The van der Waals surface area contributed by atoms with Gasteiger partial charge >= 0.3 is 12.1 Å². The Balaban J connectivity index is 1.63. The zero-order chi connectivity index (χ0) is 18.3. The maximum atomic E-state index is 12.2. The van der Waals surface area contributed by atoms with Crippen LogP contribution in [0, 0.1) is 0 Å². The first-order chi connectivity index (χ1) is 11.9. The van der Waals surface area contributed by atoms with Gasteiger partial charge in [-0.15, -0.1) is 0 Å². The third-order valence-electron chi connectivity index (χ3n) is 3.99. The molecule has 0 aliphatic carbocycles. The predicted molar refractivity (Wildman–Crippen MR) is 85.0 cm³/mol. The zero-order valence-corrected chi connectivity index (χ0v) is 13.7. The Morgan fingerprint density at radius 2 is 1.80 bits per heavy atom. The summed E-state index contributed by atoms with van der Waals surface area (Å²) in [6.45, 7) is 1.12. The summed E-state index contributed by atoms with van der Waals surface area (Å²) in [6, 6.07) is 8.74. The van der Waals surface area contributed by atoms with Gasteiger partial charge < -0.3 is 15.0 Å². The van der Waals surface area contributed by atoms with Crippen LogP contribution in [0.25, 0.3) is 0 Å². The predicted octanol–water partition coefficient (Wildman–Crippen LogP) is 2.52. The van der Waals surface area contributed by atoms with Crippen LogP contribution in [0.4, 0.5) is 13.2 Å². The molecule has 1 fully saturated rings. The van der Waals surface area contributed by atoms with E-state index in [0.717, 1.165) is 5.75 Å². The molecule has 0 spiro atoms. The fourth-order valence-electron chi connectivity index (χ4n) is 2.63. The normalized spacial score (nSPS) is 15.7. The second-order valence-corrected chi connectivity index (χ2v) is 5.89. The summed E-state index contributed by atoms with van der Waals surface area (Å²) in [6.07, 6.45) is -3.32. The molecule has 0 radical (unpaired) electrons. The molecule has 1 aromatic carbocycles. The molecular formula is C17H21F3N2O3. The Morgan fingerprint density at radius 1 is 1.16 bits per heavy atom. The number of nitrogens with one attached hydrogen (secondary N) is 1. The van der Waals surface area contributed by atoms with Crippen molar-refractivity contribution in [2.45, 2.75) is 37.9 Å². The molecule has 1 aliphatic heterocycles. The van der Waals surface area contributed by atoms with E-state index in [9.17, 15) is 22.8 Å². The van der Waals surface area contributed by atoms with Crippen LogP contribution in [-0.4, -0.2) is 48.6 Å². The summed E-state index contributed by atoms with van der Waals surface area (Å²) in [5.74, 6) is -1.22. The highest BCUT2D eigenvalue weighted by Crippen LogP contribution is 2.18. The van der Waals surface area contributed by atoms with Crippen LogP contribution in [0.1, 0.15) is 25.7 Å². The number of nitrogens with zero attached hydrogens (tertiary/aromatic N) is 1. The standard InChI is InChI=1S/C17H21F3N2O3/c18-17(19,20)16(24)21-13-8-10-22(11-9-13)15(23)7-4-12-25-14-5-2-1-3-6-14/h1-3,5-6,13H,4,7-12H2,(H,21,24). The third kappa shape index (κ3) is 6.28. The Labute approximate surface area is 144 Å². The summed E-state index contributed by atoms with van der Waals surface area (Å²) < 4.78 is 42.2. The van der Waals surface area contributed by atoms with E-state index in [2.05, 4.69) is 0 Å². The van der Waals surface area contributed by atoms with Gasteiger partial charge in [-0.05, 0) is 31.4 Å². The van der Waals surface area contributed by atoms with Crippen LogP contribution in [0.3, 0.4) is 0 Å². The van der Waals surface area contributed by atoms with Crippen LogP contribution in [0.15, 0.2) is 30.3 Å². The Morgan fingerprint density at radius 3 is 2.40 bits per heavy atom. The van der Waals surface area contributed by atoms with Gasteiger partial charge in [0.2, 0.25) is 5.91 Å². The molecule has 0 bridgehead atoms. The lowest BCUT2D eigenvalue weighted by atomic mass is 10.0. The highest BCUT2D eigenvalue weighted by Gasteiger charge is 2.40. The van der Waals surface area contributed by atoms with Gasteiger partial charge in [0.1, 0.15) is 5.75 Å². The fourth-order valence-corrected chi connectivity index (χ4v) is 2.63. The zero-order valence-electron chi connectivity index (χ0n) is 13.7. The van der Waals surface area contributed by atoms with Gasteiger partial charge in [-0.3, -0.25) is 9.59 Å². The molecule has 8 heteroatoms. The van der Waals surface area contributed by atoms with Crippen molar-refractivity contribution in [3.63, 3.8) is 0 Å². The monoisotopic (exact) mass is 358 g/mol. The van der Waals surface area contributed by atoms with Crippen LogP contribution >= 0.6 is 0 Å². The van der Waals surface area contributed by atoms with Gasteiger partial charge in [0, 0.05) is 25.6 Å². The van der Waals surface area contributed by atoms with Gasteiger partial charge in [-0.25, -0.2) is 0 Å². The number of carbonyl (C=O) groups excluding carboxylic acids is 2. The number of hydrogen-bond acceptors (Lipinski definition) is 3. The Bertz CT molecular complexity index is 570. The molecule has 0 unspecified atom stereocenters. The molecule has 0 saturated carbocycles. The molecule has 2 rings (SSSR count). The lowest BCUT2D eigenvalue weighted by Crippen LogP contribution is -2.49. The number of hydrogen-bond donors (Lipinski definition) is 1. The second kappa shape index (κ2) is 8.73.